The van der Waals surface area contributed by atoms with Gasteiger partial charge in [0.25, 0.3) is 0 Å². The Balaban J connectivity index is 1.92. The second-order valence-electron chi connectivity index (χ2n) is 5.55. The van der Waals surface area contributed by atoms with Crippen molar-refractivity contribution >= 4 is 5.78 Å². The van der Waals surface area contributed by atoms with Gasteiger partial charge < -0.3 is 10.1 Å². The largest absolute Gasteiger partial charge is 0.494 e. The third kappa shape index (κ3) is 4.55. The highest BCUT2D eigenvalue weighted by Gasteiger charge is 2.23. The fourth-order valence-corrected chi connectivity index (χ4v) is 2.53. The van der Waals surface area contributed by atoms with E-state index in [1.54, 1.807) is 0 Å². The van der Waals surface area contributed by atoms with Gasteiger partial charge in [-0.2, -0.15) is 0 Å². The van der Waals surface area contributed by atoms with Gasteiger partial charge in [0, 0.05) is 31.7 Å². The van der Waals surface area contributed by atoms with Crippen LogP contribution in [0.3, 0.4) is 0 Å². The molecule has 1 atom stereocenters. The highest BCUT2D eigenvalue weighted by Crippen LogP contribution is 2.16. The first-order chi connectivity index (χ1) is 10.2. The van der Waals surface area contributed by atoms with Crippen molar-refractivity contribution in [2.24, 2.45) is 0 Å². The molecule has 2 rings (SSSR count). The number of piperazine rings is 1. The summed E-state index contributed by atoms with van der Waals surface area (Å²) in [5, 5.41) is 3.31. The molecule has 0 bridgehead atoms. The minimum absolute atomic E-state index is 0.0565. The molecule has 0 amide bonds. The Bertz CT molecular complexity index is 439. The summed E-state index contributed by atoms with van der Waals surface area (Å²) >= 11 is 0. The lowest BCUT2D eigenvalue weighted by atomic mass is 10.0. The Kier molecular flexibility index (Phi) is 6.21. The number of unbranched alkanes of at least 4 members (excludes halogenated alkanes) is 1. The Morgan fingerprint density at radius 3 is 2.57 bits per heavy atom. The van der Waals surface area contributed by atoms with E-state index in [-0.39, 0.29) is 11.8 Å². The predicted molar refractivity (Wildman–Crippen MR) is 85.1 cm³/mol. The first kappa shape index (κ1) is 16.0. The van der Waals surface area contributed by atoms with Crippen LogP contribution in [0.1, 0.15) is 37.0 Å². The second-order valence-corrected chi connectivity index (χ2v) is 5.55. The monoisotopic (exact) mass is 290 g/mol. The number of carbonyl (C=O) groups is 1. The third-order valence-electron chi connectivity index (χ3n) is 3.98. The molecule has 1 unspecified atom stereocenters. The smallest absolute Gasteiger partial charge is 0.179 e. The normalized spacial score (nSPS) is 17.4. The zero-order valence-corrected chi connectivity index (χ0v) is 13.1. The fourth-order valence-electron chi connectivity index (χ4n) is 2.53. The Morgan fingerprint density at radius 2 is 1.95 bits per heavy atom. The van der Waals surface area contributed by atoms with Crippen LogP contribution in [0.15, 0.2) is 24.3 Å². The van der Waals surface area contributed by atoms with Gasteiger partial charge in [-0.3, -0.25) is 9.69 Å². The second kappa shape index (κ2) is 8.15. The molecule has 1 saturated heterocycles. The summed E-state index contributed by atoms with van der Waals surface area (Å²) in [5.74, 6) is 1.03. The molecule has 1 N–H and O–H groups in total. The van der Waals surface area contributed by atoms with Crippen molar-refractivity contribution in [2.45, 2.75) is 32.7 Å². The van der Waals surface area contributed by atoms with Gasteiger partial charge in [-0.15, -0.1) is 0 Å². The van der Waals surface area contributed by atoms with E-state index in [1.165, 1.54) is 0 Å². The van der Waals surface area contributed by atoms with E-state index in [0.717, 1.165) is 56.9 Å². The average molecular weight is 290 g/mol. The van der Waals surface area contributed by atoms with E-state index in [4.69, 9.17) is 4.74 Å². The number of nitrogens with zero attached hydrogens (tertiary/aromatic N) is 1. The molecule has 0 aliphatic carbocycles. The molecule has 1 aromatic rings. The van der Waals surface area contributed by atoms with Gasteiger partial charge in [0.1, 0.15) is 5.75 Å². The van der Waals surface area contributed by atoms with E-state index < -0.39 is 0 Å². The average Bonchev–Trinajstić information content (AvgIpc) is 2.55. The van der Waals surface area contributed by atoms with Crippen molar-refractivity contribution < 1.29 is 9.53 Å². The molecule has 21 heavy (non-hydrogen) atoms. The van der Waals surface area contributed by atoms with Crippen LogP contribution in [0.25, 0.3) is 0 Å². The summed E-state index contributed by atoms with van der Waals surface area (Å²) < 4.78 is 5.63. The topological polar surface area (TPSA) is 41.6 Å². The number of rotatable bonds is 7. The van der Waals surface area contributed by atoms with Crippen molar-refractivity contribution in [3.63, 3.8) is 0 Å². The number of ether oxygens (including phenoxy) is 1. The van der Waals surface area contributed by atoms with Gasteiger partial charge in [-0.05, 0) is 37.6 Å². The lowest BCUT2D eigenvalue weighted by Crippen LogP contribution is -2.50. The zero-order valence-electron chi connectivity index (χ0n) is 13.1. The molecule has 116 valence electrons. The quantitative estimate of drug-likeness (QED) is 0.618. The van der Waals surface area contributed by atoms with Crippen molar-refractivity contribution in [2.75, 3.05) is 32.8 Å². The molecule has 0 spiro atoms. The number of nitrogens with one attached hydrogen (secondary N) is 1. The molecule has 0 aromatic heterocycles. The van der Waals surface area contributed by atoms with Gasteiger partial charge >= 0.3 is 0 Å². The molecular weight excluding hydrogens is 264 g/mol. The first-order valence-corrected chi connectivity index (χ1v) is 7.94. The summed E-state index contributed by atoms with van der Waals surface area (Å²) in [5.41, 5.74) is 0.767. The summed E-state index contributed by atoms with van der Waals surface area (Å²) in [4.78, 5) is 14.8. The lowest BCUT2D eigenvalue weighted by Gasteiger charge is -2.31. The molecule has 4 heteroatoms. The van der Waals surface area contributed by atoms with Crippen LogP contribution in [0.2, 0.25) is 0 Å². The van der Waals surface area contributed by atoms with Crippen LogP contribution in [-0.4, -0.2) is 49.5 Å². The van der Waals surface area contributed by atoms with Crippen molar-refractivity contribution in [1.82, 2.24) is 10.2 Å². The van der Waals surface area contributed by atoms with Crippen LogP contribution in [0.5, 0.6) is 5.75 Å². The van der Waals surface area contributed by atoms with Crippen molar-refractivity contribution in [1.29, 1.82) is 0 Å². The molecule has 1 aliphatic heterocycles. The third-order valence-corrected chi connectivity index (χ3v) is 3.98. The molecule has 0 saturated carbocycles. The molecule has 0 radical (unpaired) electrons. The van der Waals surface area contributed by atoms with Crippen molar-refractivity contribution in [3.8, 4) is 5.75 Å². The van der Waals surface area contributed by atoms with Crippen LogP contribution >= 0.6 is 0 Å². The lowest BCUT2D eigenvalue weighted by molar-refractivity contribution is 0.0820. The minimum atomic E-state index is -0.0565. The molecule has 1 fully saturated rings. The van der Waals surface area contributed by atoms with Crippen LogP contribution in [0, 0.1) is 0 Å². The van der Waals surface area contributed by atoms with E-state index in [2.05, 4.69) is 17.1 Å². The van der Waals surface area contributed by atoms with E-state index in [1.807, 2.05) is 31.2 Å². The van der Waals surface area contributed by atoms with Gasteiger partial charge in [-0.25, -0.2) is 0 Å². The van der Waals surface area contributed by atoms with Gasteiger partial charge in [0.15, 0.2) is 5.78 Å². The number of benzene rings is 1. The molecule has 1 heterocycles. The highest BCUT2D eigenvalue weighted by atomic mass is 16.5. The molecule has 4 nitrogen and oxygen atoms in total. The van der Waals surface area contributed by atoms with Crippen LogP contribution in [-0.2, 0) is 0 Å². The number of ketones is 1. The Morgan fingerprint density at radius 1 is 1.29 bits per heavy atom. The predicted octanol–water partition coefficient (Wildman–Crippen LogP) is 2.34. The van der Waals surface area contributed by atoms with Gasteiger partial charge in [-0.1, -0.05) is 13.3 Å². The SMILES string of the molecule is CCCCOc1ccc(C(=O)C(C)N2CCNCC2)cc1. The van der Waals surface area contributed by atoms with Gasteiger partial charge in [0.2, 0.25) is 0 Å². The molecular formula is C17H26N2O2. The molecule has 1 aliphatic rings. The van der Waals surface area contributed by atoms with Crippen LogP contribution in [0.4, 0.5) is 0 Å². The highest BCUT2D eigenvalue weighted by molar-refractivity contribution is 5.99. The number of carbonyl (C=O) groups excluding carboxylic acids is 1. The number of Topliss-reactive ketones (excluding diaryl/α,β-unsaturated/α-hetero) is 1. The standard InChI is InChI=1S/C17H26N2O2/c1-3-4-13-21-16-7-5-15(6-8-16)17(20)14(2)19-11-9-18-10-12-19/h5-8,14,18H,3-4,9-13H2,1-2H3. The van der Waals surface area contributed by atoms with E-state index in [0.29, 0.717) is 0 Å². The summed E-state index contributed by atoms with van der Waals surface area (Å²) in [6, 6.07) is 7.49. The first-order valence-electron chi connectivity index (χ1n) is 7.94. The van der Waals surface area contributed by atoms with Gasteiger partial charge in [0.05, 0.1) is 12.6 Å². The van der Waals surface area contributed by atoms with E-state index >= 15 is 0 Å². The number of hydrogen-bond donors (Lipinski definition) is 1. The summed E-state index contributed by atoms with van der Waals surface area (Å²) in [6.45, 7) is 8.67. The van der Waals surface area contributed by atoms with Crippen LogP contribution < -0.4 is 10.1 Å². The summed E-state index contributed by atoms with van der Waals surface area (Å²) in [7, 11) is 0. The fraction of sp³-hybridized carbons (Fsp3) is 0.588. The van der Waals surface area contributed by atoms with Crippen molar-refractivity contribution in [3.05, 3.63) is 29.8 Å². The van der Waals surface area contributed by atoms with E-state index in [9.17, 15) is 4.79 Å². The summed E-state index contributed by atoms with van der Waals surface area (Å²) in [6.07, 6.45) is 2.18. The Labute approximate surface area is 127 Å². The number of hydrogen-bond acceptors (Lipinski definition) is 4. The maximum atomic E-state index is 12.5. The maximum Gasteiger partial charge on any atom is 0.179 e. The zero-order chi connectivity index (χ0) is 15.1. The maximum absolute atomic E-state index is 12.5. The minimum Gasteiger partial charge on any atom is -0.494 e. The Hall–Kier alpha value is -1.39. The molecule has 1 aromatic carbocycles.